The van der Waals surface area contributed by atoms with Crippen molar-refractivity contribution in [1.29, 1.82) is 0 Å². The highest BCUT2D eigenvalue weighted by Gasteiger charge is 2.27. The second kappa shape index (κ2) is 9.89. The van der Waals surface area contributed by atoms with Crippen molar-refractivity contribution in [3.8, 4) is 0 Å². The first-order chi connectivity index (χ1) is 14.8. The second-order valence-electron chi connectivity index (χ2n) is 7.44. The smallest absolute Gasteiger partial charge is 0.255 e. The molecule has 3 rings (SSSR count). The molecular formula is C23H27N3O4S. The SMILES string of the molecule is C=CCNC(=O)c1ccccc1NC(=O)c1cc(S(=O)(=O)N2CCCCC2)ccc1C. The van der Waals surface area contributed by atoms with Crippen molar-refractivity contribution < 1.29 is 18.0 Å². The van der Waals surface area contributed by atoms with Gasteiger partial charge in [-0.3, -0.25) is 9.59 Å². The van der Waals surface area contributed by atoms with Crippen LogP contribution in [0.15, 0.2) is 60.0 Å². The average Bonchev–Trinajstić information content (AvgIpc) is 2.78. The molecule has 31 heavy (non-hydrogen) atoms. The molecule has 0 unspecified atom stereocenters. The predicted molar refractivity (Wildman–Crippen MR) is 121 cm³/mol. The van der Waals surface area contributed by atoms with E-state index in [0.717, 1.165) is 19.3 Å². The number of piperidine rings is 1. The minimum absolute atomic E-state index is 0.0992. The molecule has 1 aliphatic rings. The fraction of sp³-hybridized carbons (Fsp3) is 0.304. The normalized spacial score (nSPS) is 14.6. The molecule has 7 nitrogen and oxygen atoms in total. The maximum atomic E-state index is 13.0. The molecule has 2 amide bonds. The molecule has 1 fully saturated rings. The van der Waals surface area contributed by atoms with Gasteiger partial charge >= 0.3 is 0 Å². The Labute approximate surface area is 183 Å². The first-order valence-electron chi connectivity index (χ1n) is 10.2. The van der Waals surface area contributed by atoms with Crippen LogP contribution in [0.3, 0.4) is 0 Å². The van der Waals surface area contributed by atoms with E-state index in [2.05, 4.69) is 17.2 Å². The van der Waals surface area contributed by atoms with Crippen LogP contribution in [0, 0.1) is 6.92 Å². The van der Waals surface area contributed by atoms with Crippen molar-refractivity contribution in [1.82, 2.24) is 9.62 Å². The van der Waals surface area contributed by atoms with E-state index in [1.807, 2.05) is 0 Å². The quantitative estimate of drug-likeness (QED) is 0.644. The highest BCUT2D eigenvalue weighted by Crippen LogP contribution is 2.24. The van der Waals surface area contributed by atoms with Crippen LogP contribution in [-0.2, 0) is 10.0 Å². The van der Waals surface area contributed by atoms with Crippen molar-refractivity contribution in [3.05, 3.63) is 71.8 Å². The number of hydrogen-bond acceptors (Lipinski definition) is 4. The van der Waals surface area contributed by atoms with Crippen molar-refractivity contribution in [2.45, 2.75) is 31.1 Å². The van der Waals surface area contributed by atoms with Crippen molar-refractivity contribution >= 4 is 27.5 Å². The second-order valence-corrected chi connectivity index (χ2v) is 9.38. The van der Waals surface area contributed by atoms with Crippen LogP contribution in [0.2, 0.25) is 0 Å². The summed E-state index contributed by atoms with van der Waals surface area (Å²) in [6.45, 7) is 6.60. The number of anilines is 1. The summed E-state index contributed by atoms with van der Waals surface area (Å²) in [6.07, 6.45) is 4.26. The van der Waals surface area contributed by atoms with Crippen LogP contribution in [0.25, 0.3) is 0 Å². The molecule has 0 radical (unpaired) electrons. The largest absolute Gasteiger partial charge is 0.349 e. The molecule has 2 N–H and O–H groups in total. The summed E-state index contributed by atoms with van der Waals surface area (Å²) in [4.78, 5) is 25.5. The standard InChI is InChI=1S/C23H27N3O4S/c1-3-13-24-22(27)19-9-5-6-10-21(19)25-23(28)20-16-18(12-11-17(20)2)31(29,30)26-14-7-4-8-15-26/h3,5-6,9-12,16H,1,4,7-8,13-15H2,2H3,(H,24,27)(H,25,28). The summed E-state index contributed by atoms with van der Waals surface area (Å²) < 4.78 is 27.5. The van der Waals surface area contributed by atoms with Gasteiger partial charge in [0.15, 0.2) is 0 Å². The lowest BCUT2D eigenvalue weighted by Gasteiger charge is -2.26. The van der Waals surface area contributed by atoms with Gasteiger partial charge in [-0.25, -0.2) is 8.42 Å². The van der Waals surface area contributed by atoms with E-state index in [-0.39, 0.29) is 16.4 Å². The highest BCUT2D eigenvalue weighted by molar-refractivity contribution is 7.89. The number of hydrogen-bond donors (Lipinski definition) is 2. The molecule has 1 heterocycles. The third-order valence-corrected chi connectivity index (χ3v) is 7.13. The van der Waals surface area contributed by atoms with E-state index in [4.69, 9.17) is 0 Å². The van der Waals surface area contributed by atoms with Crippen LogP contribution in [0.5, 0.6) is 0 Å². The van der Waals surface area contributed by atoms with Crippen LogP contribution in [0.1, 0.15) is 45.5 Å². The van der Waals surface area contributed by atoms with Gasteiger partial charge < -0.3 is 10.6 Å². The molecule has 1 aliphatic heterocycles. The Morgan fingerprint density at radius 3 is 2.45 bits per heavy atom. The zero-order chi connectivity index (χ0) is 22.4. The minimum atomic E-state index is -3.66. The molecule has 2 aromatic carbocycles. The first kappa shape index (κ1) is 22.7. The van der Waals surface area contributed by atoms with E-state index in [0.29, 0.717) is 36.4 Å². The Hall–Kier alpha value is -2.97. The number of sulfonamides is 1. The summed E-state index contributed by atoms with van der Waals surface area (Å²) in [5.74, 6) is -0.814. The predicted octanol–water partition coefficient (Wildman–Crippen LogP) is 3.34. The zero-order valence-electron chi connectivity index (χ0n) is 17.6. The third kappa shape index (κ3) is 5.21. The number of aryl methyl sites for hydroxylation is 1. The molecule has 0 aliphatic carbocycles. The molecule has 8 heteroatoms. The van der Waals surface area contributed by atoms with Gasteiger partial charge in [0.05, 0.1) is 16.1 Å². The maximum absolute atomic E-state index is 13.0. The highest BCUT2D eigenvalue weighted by atomic mass is 32.2. The summed E-state index contributed by atoms with van der Waals surface area (Å²) in [5, 5.41) is 5.43. The number of nitrogens with one attached hydrogen (secondary N) is 2. The van der Waals surface area contributed by atoms with E-state index in [1.165, 1.54) is 16.4 Å². The van der Waals surface area contributed by atoms with E-state index >= 15 is 0 Å². The summed E-state index contributed by atoms with van der Waals surface area (Å²) in [6, 6.07) is 11.2. The maximum Gasteiger partial charge on any atom is 0.255 e. The van der Waals surface area contributed by atoms with Crippen LogP contribution < -0.4 is 10.6 Å². The van der Waals surface area contributed by atoms with E-state index < -0.39 is 15.9 Å². The monoisotopic (exact) mass is 441 g/mol. The fourth-order valence-electron chi connectivity index (χ4n) is 3.50. The lowest BCUT2D eigenvalue weighted by atomic mass is 10.1. The van der Waals surface area contributed by atoms with Crippen molar-refractivity contribution in [3.63, 3.8) is 0 Å². The number of para-hydroxylation sites is 1. The van der Waals surface area contributed by atoms with Crippen molar-refractivity contribution in [2.24, 2.45) is 0 Å². The van der Waals surface area contributed by atoms with Gasteiger partial charge in [0.25, 0.3) is 11.8 Å². The summed E-state index contributed by atoms with van der Waals surface area (Å²) in [7, 11) is -3.66. The van der Waals surface area contributed by atoms with Gasteiger partial charge in [0.2, 0.25) is 10.0 Å². The topological polar surface area (TPSA) is 95.6 Å². The number of benzene rings is 2. The lowest BCUT2D eigenvalue weighted by molar-refractivity contribution is 0.0959. The number of rotatable bonds is 7. The van der Waals surface area contributed by atoms with Gasteiger partial charge in [0, 0.05) is 25.2 Å². The van der Waals surface area contributed by atoms with Gasteiger partial charge in [-0.15, -0.1) is 6.58 Å². The lowest BCUT2D eigenvalue weighted by Crippen LogP contribution is -2.35. The minimum Gasteiger partial charge on any atom is -0.349 e. The zero-order valence-corrected chi connectivity index (χ0v) is 18.4. The molecule has 2 aromatic rings. The molecular weight excluding hydrogens is 414 g/mol. The fourth-order valence-corrected chi connectivity index (χ4v) is 5.04. The van der Waals surface area contributed by atoms with Gasteiger partial charge in [-0.1, -0.05) is 30.7 Å². The Balaban J connectivity index is 1.87. The molecule has 0 aromatic heterocycles. The molecule has 0 spiro atoms. The summed E-state index contributed by atoms with van der Waals surface area (Å²) >= 11 is 0. The van der Waals surface area contributed by atoms with Gasteiger partial charge in [0.1, 0.15) is 0 Å². The number of carbonyl (C=O) groups excluding carboxylic acids is 2. The van der Waals surface area contributed by atoms with E-state index in [1.54, 1.807) is 43.3 Å². The number of nitrogens with zero attached hydrogens (tertiary/aromatic N) is 1. The van der Waals surface area contributed by atoms with Gasteiger partial charge in [-0.2, -0.15) is 4.31 Å². The van der Waals surface area contributed by atoms with Crippen LogP contribution in [-0.4, -0.2) is 44.2 Å². The van der Waals surface area contributed by atoms with Crippen molar-refractivity contribution in [2.75, 3.05) is 25.0 Å². The Morgan fingerprint density at radius 1 is 1.03 bits per heavy atom. The number of carbonyl (C=O) groups is 2. The molecule has 164 valence electrons. The molecule has 0 atom stereocenters. The Kier molecular flexibility index (Phi) is 7.25. The number of amides is 2. The van der Waals surface area contributed by atoms with Crippen LogP contribution in [0.4, 0.5) is 5.69 Å². The molecule has 1 saturated heterocycles. The Bertz CT molecular complexity index is 1090. The summed E-state index contributed by atoms with van der Waals surface area (Å²) in [5.41, 5.74) is 1.55. The van der Waals surface area contributed by atoms with E-state index in [9.17, 15) is 18.0 Å². The van der Waals surface area contributed by atoms with Crippen LogP contribution >= 0.6 is 0 Å². The average molecular weight is 442 g/mol. The molecule has 0 saturated carbocycles. The Morgan fingerprint density at radius 2 is 1.74 bits per heavy atom. The van der Waals surface area contributed by atoms with Gasteiger partial charge in [-0.05, 0) is 49.6 Å². The first-order valence-corrected chi connectivity index (χ1v) is 11.7. The molecule has 0 bridgehead atoms. The third-order valence-electron chi connectivity index (χ3n) is 5.23.